The van der Waals surface area contributed by atoms with Gasteiger partial charge < -0.3 is 15.5 Å². The van der Waals surface area contributed by atoms with Crippen molar-refractivity contribution in [3.63, 3.8) is 0 Å². The Balaban J connectivity index is 1.38. The number of hydrogen-bond donors (Lipinski definition) is 2. The van der Waals surface area contributed by atoms with Crippen LogP contribution in [0.25, 0.3) is 11.0 Å². The van der Waals surface area contributed by atoms with Crippen LogP contribution < -0.4 is 15.5 Å². The molecule has 190 valence electrons. The average molecular weight is 489 g/mol. The van der Waals surface area contributed by atoms with E-state index < -0.39 is 6.04 Å². The standard InChI is InChI=1S/C28H36N6O2/c1-4-5-11-23(28(36)29-20-9-8-10-21(16-20)34-14-6-7-15-34)31-27(35)22-17-24(19-12-13-19)30-26-25(22)18(2)32-33(26)3/h8-10,16-17,19,23H,4-7,11-15H2,1-3H3,(H,29,36)(H,31,35). The number of aryl methyl sites for hydroxylation is 2. The molecule has 2 fully saturated rings. The monoisotopic (exact) mass is 488 g/mol. The molecular weight excluding hydrogens is 452 g/mol. The summed E-state index contributed by atoms with van der Waals surface area (Å²) in [5.41, 5.74) is 4.85. The normalized spacial score (nSPS) is 16.4. The second-order valence-electron chi connectivity index (χ2n) is 10.2. The van der Waals surface area contributed by atoms with E-state index in [0.717, 1.165) is 72.6 Å². The fourth-order valence-corrected chi connectivity index (χ4v) is 5.13. The predicted octanol–water partition coefficient (Wildman–Crippen LogP) is 4.68. The van der Waals surface area contributed by atoms with Gasteiger partial charge in [-0.15, -0.1) is 0 Å². The van der Waals surface area contributed by atoms with Crippen LogP contribution in [0.1, 0.15) is 79.5 Å². The first-order chi connectivity index (χ1) is 17.4. The zero-order chi connectivity index (χ0) is 25.2. The number of hydrogen-bond acceptors (Lipinski definition) is 5. The fraction of sp³-hybridized carbons (Fsp3) is 0.500. The highest BCUT2D eigenvalue weighted by atomic mass is 16.2. The highest BCUT2D eigenvalue weighted by Crippen LogP contribution is 2.40. The summed E-state index contributed by atoms with van der Waals surface area (Å²) in [4.78, 5) is 34.1. The van der Waals surface area contributed by atoms with E-state index >= 15 is 0 Å². The SMILES string of the molecule is CCCCC(NC(=O)c1cc(C2CC2)nc2c1c(C)nn2C)C(=O)Nc1cccc(N2CCCC2)c1. The van der Waals surface area contributed by atoms with Crippen LogP contribution in [0, 0.1) is 6.92 Å². The number of pyridine rings is 1. The molecule has 1 unspecified atom stereocenters. The maximum atomic E-state index is 13.6. The summed E-state index contributed by atoms with van der Waals surface area (Å²) >= 11 is 0. The topological polar surface area (TPSA) is 92.1 Å². The molecule has 2 amide bonds. The lowest BCUT2D eigenvalue weighted by molar-refractivity contribution is -0.118. The van der Waals surface area contributed by atoms with Crippen LogP contribution in [0.4, 0.5) is 11.4 Å². The summed E-state index contributed by atoms with van der Waals surface area (Å²) < 4.78 is 1.74. The highest BCUT2D eigenvalue weighted by molar-refractivity contribution is 6.08. The van der Waals surface area contributed by atoms with E-state index in [1.807, 2.05) is 38.2 Å². The lowest BCUT2D eigenvalue weighted by Gasteiger charge is -2.21. The van der Waals surface area contributed by atoms with E-state index in [4.69, 9.17) is 4.98 Å². The Hall–Kier alpha value is -3.42. The molecular formula is C28H36N6O2. The number of amides is 2. The Morgan fingerprint density at radius 1 is 1.17 bits per heavy atom. The molecule has 1 saturated heterocycles. The van der Waals surface area contributed by atoms with E-state index in [1.54, 1.807) is 4.68 Å². The Bertz CT molecular complexity index is 1270. The van der Waals surface area contributed by atoms with Gasteiger partial charge in [0.1, 0.15) is 6.04 Å². The molecule has 1 saturated carbocycles. The van der Waals surface area contributed by atoms with Gasteiger partial charge in [0, 0.05) is 43.1 Å². The number of nitrogens with zero attached hydrogens (tertiary/aromatic N) is 4. The zero-order valence-corrected chi connectivity index (χ0v) is 21.5. The molecule has 2 N–H and O–H groups in total. The van der Waals surface area contributed by atoms with Crippen molar-refractivity contribution in [3.8, 4) is 0 Å². The van der Waals surface area contributed by atoms with Crippen molar-refractivity contribution in [3.05, 3.63) is 47.3 Å². The van der Waals surface area contributed by atoms with E-state index in [0.29, 0.717) is 17.9 Å². The molecule has 1 aliphatic heterocycles. The molecule has 0 spiro atoms. The zero-order valence-electron chi connectivity index (χ0n) is 21.5. The maximum Gasteiger partial charge on any atom is 0.252 e. The molecule has 8 nitrogen and oxygen atoms in total. The molecule has 0 radical (unpaired) electrons. The molecule has 3 aromatic rings. The van der Waals surface area contributed by atoms with Gasteiger partial charge in [-0.05, 0) is 63.3 Å². The van der Waals surface area contributed by atoms with Crippen molar-refractivity contribution < 1.29 is 9.59 Å². The molecule has 3 heterocycles. The number of unbranched alkanes of at least 4 members (excludes halogenated alkanes) is 1. The fourth-order valence-electron chi connectivity index (χ4n) is 5.13. The van der Waals surface area contributed by atoms with Gasteiger partial charge in [-0.3, -0.25) is 14.3 Å². The lowest BCUT2D eigenvalue weighted by atomic mass is 10.0. The molecule has 36 heavy (non-hydrogen) atoms. The number of anilines is 2. The first kappa shape index (κ1) is 24.3. The van der Waals surface area contributed by atoms with Crippen molar-refractivity contribution in [2.24, 2.45) is 7.05 Å². The van der Waals surface area contributed by atoms with Crippen LogP contribution in [0.3, 0.4) is 0 Å². The molecule has 2 aliphatic rings. The van der Waals surface area contributed by atoms with Crippen molar-refractivity contribution in [2.75, 3.05) is 23.3 Å². The third-order valence-corrected chi connectivity index (χ3v) is 7.28. The molecule has 8 heteroatoms. The molecule has 0 bridgehead atoms. The third-order valence-electron chi connectivity index (χ3n) is 7.28. The average Bonchev–Trinajstić information content (AvgIpc) is 3.50. The van der Waals surface area contributed by atoms with Gasteiger partial charge in [0.25, 0.3) is 5.91 Å². The first-order valence-corrected chi connectivity index (χ1v) is 13.3. The van der Waals surface area contributed by atoms with Crippen LogP contribution in [0.15, 0.2) is 30.3 Å². The summed E-state index contributed by atoms with van der Waals surface area (Å²) in [5, 5.41) is 11.4. The number of carbonyl (C=O) groups excluding carboxylic acids is 2. The quantitative estimate of drug-likeness (QED) is 0.456. The Morgan fingerprint density at radius 3 is 2.67 bits per heavy atom. The second-order valence-corrected chi connectivity index (χ2v) is 10.2. The van der Waals surface area contributed by atoms with Crippen molar-refractivity contribution in [1.82, 2.24) is 20.1 Å². The maximum absolute atomic E-state index is 13.6. The molecule has 2 aromatic heterocycles. The van der Waals surface area contributed by atoms with Gasteiger partial charge in [-0.2, -0.15) is 5.10 Å². The van der Waals surface area contributed by atoms with Gasteiger partial charge in [-0.1, -0.05) is 25.8 Å². The van der Waals surface area contributed by atoms with Crippen molar-refractivity contribution in [1.29, 1.82) is 0 Å². The number of carbonyl (C=O) groups is 2. The van der Waals surface area contributed by atoms with Crippen LogP contribution in [-0.4, -0.2) is 45.7 Å². The molecule has 1 aromatic carbocycles. The smallest absolute Gasteiger partial charge is 0.252 e. The number of nitrogens with one attached hydrogen (secondary N) is 2. The summed E-state index contributed by atoms with van der Waals surface area (Å²) in [7, 11) is 1.86. The predicted molar refractivity (Wildman–Crippen MR) is 143 cm³/mol. The van der Waals surface area contributed by atoms with Crippen molar-refractivity contribution >= 4 is 34.2 Å². The van der Waals surface area contributed by atoms with E-state index in [1.165, 1.54) is 12.8 Å². The number of aromatic nitrogens is 3. The van der Waals surface area contributed by atoms with Gasteiger partial charge in [0.2, 0.25) is 5.91 Å². The minimum Gasteiger partial charge on any atom is -0.371 e. The summed E-state index contributed by atoms with van der Waals surface area (Å²) in [5.74, 6) is -0.0355. The van der Waals surface area contributed by atoms with Gasteiger partial charge in [0.05, 0.1) is 16.6 Å². The van der Waals surface area contributed by atoms with Crippen LogP contribution >= 0.6 is 0 Å². The van der Waals surface area contributed by atoms with E-state index in [9.17, 15) is 9.59 Å². The number of benzene rings is 1. The van der Waals surface area contributed by atoms with E-state index in [-0.39, 0.29) is 11.8 Å². The minimum atomic E-state index is -0.627. The van der Waals surface area contributed by atoms with Crippen LogP contribution in [0.2, 0.25) is 0 Å². The summed E-state index contributed by atoms with van der Waals surface area (Å²) in [6, 6.07) is 9.26. The molecule has 1 atom stereocenters. The minimum absolute atomic E-state index is 0.189. The Labute approximate surface area is 212 Å². The van der Waals surface area contributed by atoms with Crippen LogP contribution in [-0.2, 0) is 11.8 Å². The van der Waals surface area contributed by atoms with E-state index in [2.05, 4.69) is 33.6 Å². The number of fused-ring (bicyclic) bond motifs is 1. The van der Waals surface area contributed by atoms with Gasteiger partial charge >= 0.3 is 0 Å². The first-order valence-electron chi connectivity index (χ1n) is 13.3. The summed E-state index contributed by atoms with van der Waals surface area (Å²) in [6.45, 7) is 6.07. The highest BCUT2D eigenvalue weighted by Gasteiger charge is 2.30. The molecule has 1 aliphatic carbocycles. The third kappa shape index (κ3) is 5.08. The largest absolute Gasteiger partial charge is 0.371 e. The van der Waals surface area contributed by atoms with Gasteiger partial charge in [-0.25, -0.2) is 4.98 Å². The second kappa shape index (κ2) is 10.3. The molecule has 5 rings (SSSR count). The Kier molecular flexibility index (Phi) is 6.94. The van der Waals surface area contributed by atoms with Gasteiger partial charge in [0.15, 0.2) is 5.65 Å². The van der Waals surface area contributed by atoms with Crippen molar-refractivity contribution in [2.45, 2.75) is 70.8 Å². The number of rotatable bonds is 9. The van der Waals surface area contributed by atoms with Crippen LogP contribution in [0.5, 0.6) is 0 Å². The lowest BCUT2D eigenvalue weighted by Crippen LogP contribution is -2.44. The summed E-state index contributed by atoms with van der Waals surface area (Å²) in [6.07, 6.45) is 6.94. The Morgan fingerprint density at radius 2 is 1.94 bits per heavy atom.